The van der Waals surface area contributed by atoms with Gasteiger partial charge in [0.15, 0.2) is 5.69 Å². The highest BCUT2D eigenvalue weighted by molar-refractivity contribution is 6.31. The van der Waals surface area contributed by atoms with Gasteiger partial charge in [0.2, 0.25) is 11.5 Å². The highest BCUT2D eigenvalue weighted by Crippen LogP contribution is 2.42. The Bertz CT molecular complexity index is 1860. The predicted octanol–water partition coefficient (Wildman–Crippen LogP) is 4.03. The number of fused-ring (bicyclic) bond motifs is 1. The molecule has 46 heavy (non-hydrogen) atoms. The summed E-state index contributed by atoms with van der Waals surface area (Å²) in [4.78, 5) is 32.9. The number of rotatable bonds is 11. The second kappa shape index (κ2) is 13.1. The van der Waals surface area contributed by atoms with E-state index in [0.717, 1.165) is 30.6 Å². The van der Waals surface area contributed by atoms with Crippen molar-refractivity contribution in [2.45, 2.75) is 31.7 Å². The van der Waals surface area contributed by atoms with Crippen LogP contribution in [0, 0.1) is 11.3 Å². The molecule has 4 rings (SSSR count). The summed E-state index contributed by atoms with van der Waals surface area (Å²) in [7, 11) is 1.18. The van der Waals surface area contributed by atoms with Crippen LogP contribution in [0.4, 0.5) is 22.0 Å². The van der Waals surface area contributed by atoms with Crippen molar-refractivity contribution in [3.63, 3.8) is 0 Å². The van der Waals surface area contributed by atoms with Gasteiger partial charge in [-0.1, -0.05) is 11.6 Å². The molecule has 4 N–H and O–H groups in total. The van der Waals surface area contributed by atoms with Gasteiger partial charge in [-0.2, -0.15) is 32.3 Å². The van der Waals surface area contributed by atoms with E-state index < -0.39 is 48.8 Å². The molecular weight excluding hydrogens is 645 g/mol. The summed E-state index contributed by atoms with van der Waals surface area (Å²) in [5.41, 5.74) is -0.634. The van der Waals surface area contributed by atoms with Crippen molar-refractivity contribution in [3.05, 3.63) is 64.2 Å². The number of amides is 2. The monoisotopic (exact) mass is 667 g/mol. The molecule has 0 unspecified atom stereocenters. The number of nitriles is 1. The van der Waals surface area contributed by atoms with Crippen molar-refractivity contribution < 1.29 is 46.1 Å². The molecule has 242 valence electrons. The van der Waals surface area contributed by atoms with Crippen molar-refractivity contribution in [2.75, 3.05) is 20.3 Å². The lowest BCUT2D eigenvalue weighted by molar-refractivity contribution is -0.265. The Kier molecular flexibility index (Phi) is 9.63. The lowest BCUT2D eigenvalue weighted by Crippen LogP contribution is -2.51. The molecule has 0 spiro atoms. The minimum Gasteiger partial charge on any atom is -0.494 e. The minimum absolute atomic E-state index is 0.0269. The number of carbonyl (C=O) groups is 2. The molecule has 3 heterocycles. The van der Waals surface area contributed by atoms with Gasteiger partial charge in [0.1, 0.15) is 28.8 Å². The third kappa shape index (κ3) is 6.62. The molecule has 4 aromatic rings. The number of pyridine rings is 2. The number of carbonyl (C=O) groups excluding carboxylic acids is 2. The van der Waals surface area contributed by atoms with E-state index in [1.54, 1.807) is 13.0 Å². The summed E-state index contributed by atoms with van der Waals surface area (Å²) in [6.07, 6.45) is -4.10. The number of aliphatic hydroxyl groups is 1. The number of alkyl halides is 5. The number of nitrogens with two attached hydrogens (primary N) is 1. The lowest BCUT2D eigenvalue weighted by Gasteiger charge is -2.31. The fourth-order valence-corrected chi connectivity index (χ4v) is 4.63. The third-order valence-corrected chi connectivity index (χ3v) is 6.88. The van der Waals surface area contributed by atoms with Gasteiger partial charge in [-0.15, -0.1) is 0 Å². The maximum absolute atomic E-state index is 14.7. The summed E-state index contributed by atoms with van der Waals surface area (Å²) < 4.78 is 81.3. The van der Waals surface area contributed by atoms with Gasteiger partial charge in [0.05, 0.1) is 37.4 Å². The fraction of sp³-hybridized carbons (Fsp3) is 0.286. The molecule has 18 heteroatoms. The standard InChI is InChI=1S/C28H23ClF5N7O5/c1-3-46-24-13(8-21(36)42)7-20(39-23(24)15-5-17(29)18(9-35)37-10-15)27(44,28(32,33)34)12-38-25(43)14-4-16-11-41(26(30)31)40-22(16)19(6-14)45-2/h4-7,10-11,26,44H,3,8,12H2,1-2H3,(H2,36,42)(H,38,43)/t27-/m0/s1. The van der Waals surface area contributed by atoms with Crippen molar-refractivity contribution >= 4 is 34.3 Å². The number of benzene rings is 1. The second-order valence-corrected chi connectivity index (χ2v) is 10.0. The first kappa shape index (κ1) is 33.8. The van der Waals surface area contributed by atoms with E-state index in [4.69, 9.17) is 26.8 Å². The zero-order chi connectivity index (χ0) is 34.0. The molecular formula is C28H23ClF5N7O5. The summed E-state index contributed by atoms with van der Waals surface area (Å²) in [5, 5.41) is 25.9. The highest BCUT2D eigenvalue weighted by atomic mass is 35.5. The van der Waals surface area contributed by atoms with Crippen LogP contribution in [0.1, 0.15) is 40.8 Å². The number of primary amides is 1. The third-order valence-electron chi connectivity index (χ3n) is 6.59. The molecule has 1 atom stereocenters. The second-order valence-electron chi connectivity index (χ2n) is 9.63. The smallest absolute Gasteiger partial charge is 0.424 e. The molecule has 0 saturated carbocycles. The van der Waals surface area contributed by atoms with Crippen LogP contribution < -0.4 is 20.5 Å². The Hall–Kier alpha value is -5.08. The summed E-state index contributed by atoms with van der Waals surface area (Å²) in [6, 6.07) is 5.87. The van der Waals surface area contributed by atoms with E-state index >= 15 is 0 Å². The van der Waals surface area contributed by atoms with Crippen LogP contribution >= 0.6 is 11.6 Å². The number of hydrogen-bond acceptors (Lipinski definition) is 9. The number of nitrogens with zero attached hydrogens (tertiary/aromatic N) is 5. The van der Waals surface area contributed by atoms with Crippen LogP contribution in [0.15, 0.2) is 36.7 Å². The van der Waals surface area contributed by atoms with Gasteiger partial charge < -0.3 is 25.6 Å². The van der Waals surface area contributed by atoms with Gasteiger partial charge in [-0.05, 0) is 31.2 Å². The van der Waals surface area contributed by atoms with E-state index in [-0.39, 0.29) is 62.1 Å². The minimum atomic E-state index is -5.47. The lowest BCUT2D eigenvalue weighted by atomic mass is 9.94. The van der Waals surface area contributed by atoms with Crippen molar-refractivity contribution in [2.24, 2.45) is 5.73 Å². The normalized spacial score (nSPS) is 12.9. The topological polar surface area (TPSA) is 178 Å². The zero-order valence-electron chi connectivity index (χ0n) is 23.8. The van der Waals surface area contributed by atoms with Gasteiger partial charge in [0, 0.05) is 34.5 Å². The molecule has 12 nitrogen and oxygen atoms in total. The Labute approximate surface area is 261 Å². The van der Waals surface area contributed by atoms with Crippen molar-refractivity contribution in [1.29, 1.82) is 5.26 Å². The van der Waals surface area contributed by atoms with Gasteiger partial charge >= 0.3 is 12.7 Å². The maximum Gasteiger partial charge on any atom is 0.424 e. The number of ether oxygens (including phenoxy) is 2. The van der Waals surface area contributed by atoms with Gasteiger partial charge in [-0.25, -0.2) is 14.6 Å². The molecule has 0 aliphatic rings. The number of aromatic nitrogens is 4. The summed E-state index contributed by atoms with van der Waals surface area (Å²) >= 11 is 6.10. The van der Waals surface area contributed by atoms with Crippen molar-refractivity contribution in [1.82, 2.24) is 25.1 Å². The van der Waals surface area contributed by atoms with Gasteiger partial charge in [-0.3, -0.25) is 9.59 Å². The molecule has 0 fully saturated rings. The summed E-state index contributed by atoms with van der Waals surface area (Å²) in [5.74, 6) is -2.37. The van der Waals surface area contributed by atoms with E-state index in [1.165, 1.54) is 13.2 Å². The first-order valence-corrected chi connectivity index (χ1v) is 13.4. The number of methoxy groups -OCH3 is 1. The van der Waals surface area contributed by atoms with Crippen LogP contribution in [0.25, 0.3) is 22.2 Å². The Morgan fingerprint density at radius 2 is 1.96 bits per heavy atom. The average molecular weight is 668 g/mol. The number of nitrogens with one attached hydrogen (secondary N) is 1. The Morgan fingerprint density at radius 1 is 1.24 bits per heavy atom. The molecule has 0 aliphatic carbocycles. The molecule has 2 amide bonds. The van der Waals surface area contributed by atoms with Gasteiger partial charge in [0.25, 0.3) is 5.91 Å². The van der Waals surface area contributed by atoms with E-state index in [9.17, 15) is 41.9 Å². The van der Waals surface area contributed by atoms with E-state index in [0.29, 0.717) is 4.68 Å². The average Bonchev–Trinajstić information content (AvgIpc) is 3.44. The Morgan fingerprint density at radius 3 is 2.52 bits per heavy atom. The van der Waals surface area contributed by atoms with Crippen LogP contribution in [0.5, 0.6) is 11.5 Å². The molecule has 0 radical (unpaired) electrons. The van der Waals surface area contributed by atoms with Crippen LogP contribution in [-0.2, 0) is 16.8 Å². The molecule has 3 aromatic heterocycles. The molecule has 0 saturated heterocycles. The molecule has 1 aromatic carbocycles. The SMILES string of the molecule is CCOc1c(CC(N)=O)cc([C@@](O)(CNC(=O)c2cc(OC)c3nn(C(F)F)cc3c2)C(F)(F)F)nc1-c1cnc(C#N)c(Cl)c1. The maximum atomic E-state index is 14.7. The highest BCUT2D eigenvalue weighted by Gasteiger charge is 2.56. The first-order chi connectivity index (χ1) is 21.6. The van der Waals surface area contributed by atoms with E-state index in [1.807, 2.05) is 5.32 Å². The largest absolute Gasteiger partial charge is 0.494 e. The number of halogens is 6. The van der Waals surface area contributed by atoms with Crippen LogP contribution in [0.2, 0.25) is 5.02 Å². The fourth-order valence-electron chi connectivity index (χ4n) is 4.42. The summed E-state index contributed by atoms with van der Waals surface area (Å²) in [6.45, 7) is -2.98. The predicted molar refractivity (Wildman–Crippen MR) is 151 cm³/mol. The van der Waals surface area contributed by atoms with Crippen LogP contribution in [0.3, 0.4) is 0 Å². The quantitative estimate of drug-likeness (QED) is 0.199. The Balaban J connectivity index is 1.82. The van der Waals surface area contributed by atoms with Crippen molar-refractivity contribution in [3.8, 4) is 28.8 Å². The first-order valence-electron chi connectivity index (χ1n) is 13.1. The number of hydrogen-bond donors (Lipinski definition) is 3. The van der Waals surface area contributed by atoms with Crippen LogP contribution in [-0.4, -0.2) is 63.1 Å². The van der Waals surface area contributed by atoms with E-state index in [2.05, 4.69) is 15.1 Å². The zero-order valence-corrected chi connectivity index (χ0v) is 24.6. The molecule has 0 aliphatic heterocycles. The molecule has 0 bridgehead atoms.